The van der Waals surface area contributed by atoms with Crippen LogP contribution in [0.25, 0.3) is 0 Å². The fraction of sp³-hybridized carbons (Fsp3) is 0.391. The highest BCUT2D eigenvalue weighted by Crippen LogP contribution is 2.22. The number of unbranched alkanes of at least 4 members (excludes halogenated alkanes) is 1. The quantitative estimate of drug-likeness (QED) is 0.419. The smallest absolute Gasteiger partial charge is 0.244 e. The number of rotatable bonds is 11. The van der Waals surface area contributed by atoms with E-state index in [4.69, 9.17) is 11.6 Å². The lowest BCUT2D eigenvalue weighted by Crippen LogP contribution is -2.51. The summed E-state index contributed by atoms with van der Waals surface area (Å²) in [6, 6.07) is 12.8. The highest BCUT2D eigenvalue weighted by molar-refractivity contribution is 9.10. The molecular formula is C23H29BrClN3O4S. The molecule has 0 aromatic heterocycles. The predicted octanol–water partition coefficient (Wildman–Crippen LogP) is 4.20. The van der Waals surface area contributed by atoms with Gasteiger partial charge in [0.25, 0.3) is 0 Å². The molecule has 0 heterocycles. The van der Waals surface area contributed by atoms with Crippen LogP contribution >= 0.6 is 27.5 Å². The van der Waals surface area contributed by atoms with Gasteiger partial charge in [0.2, 0.25) is 21.8 Å². The molecule has 0 fully saturated rings. The molecule has 0 saturated carbocycles. The normalized spacial score (nSPS) is 12.2. The molecule has 0 radical (unpaired) electrons. The van der Waals surface area contributed by atoms with E-state index in [0.29, 0.717) is 17.3 Å². The van der Waals surface area contributed by atoms with Crippen LogP contribution in [-0.2, 0) is 26.2 Å². The van der Waals surface area contributed by atoms with Crippen LogP contribution in [0.15, 0.2) is 53.0 Å². The highest BCUT2D eigenvalue weighted by Gasteiger charge is 2.30. The largest absolute Gasteiger partial charge is 0.354 e. The molecule has 0 unspecified atom stereocenters. The number of benzene rings is 2. The van der Waals surface area contributed by atoms with E-state index in [9.17, 15) is 18.0 Å². The predicted molar refractivity (Wildman–Crippen MR) is 136 cm³/mol. The van der Waals surface area contributed by atoms with Crippen LogP contribution < -0.4 is 9.62 Å². The van der Waals surface area contributed by atoms with Crippen LogP contribution in [0.3, 0.4) is 0 Å². The van der Waals surface area contributed by atoms with E-state index < -0.39 is 28.5 Å². The average molecular weight is 559 g/mol. The molecule has 0 aliphatic heterocycles. The molecule has 10 heteroatoms. The second kappa shape index (κ2) is 12.4. The SMILES string of the molecule is CCCCNC(=O)[C@@H](C)N(Cc1cccc(Cl)c1)C(=O)CN(c1ccc(Br)cc1)S(C)(=O)=O. The Morgan fingerprint density at radius 3 is 2.39 bits per heavy atom. The summed E-state index contributed by atoms with van der Waals surface area (Å²) in [5.41, 5.74) is 1.09. The molecule has 0 bridgehead atoms. The minimum absolute atomic E-state index is 0.111. The van der Waals surface area contributed by atoms with E-state index in [1.54, 1.807) is 55.5 Å². The van der Waals surface area contributed by atoms with E-state index >= 15 is 0 Å². The number of halogens is 2. The maximum Gasteiger partial charge on any atom is 0.244 e. The standard InChI is InChI=1S/C23H29BrClN3O4S/c1-4-5-13-26-23(30)17(2)27(15-18-7-6-8-20(25)14-18)22(29)16-28(33(3,31)32)21-11-9-19(24)10-12-21/h6-12,14,17H,4-5,13,15-16H2,1-3H3,(H,26,30)/t17-/m1/s1. The van der Waals surface area contributed by atoms with Gasteiger partial charge in [0, 0.05) is 22.6 Å². The fourth-order valence-electron chi connectivity index (χ4n) is 3.17. The Morgan fingerprint density at radius 2 is 1.82 bits per heavy atom. The molecule has 0 saturated heterocycles. The summed E-state index contributed by atoms with van der Waals surface area (Å²) in [5, 5.41) is 3.35. The van der Waals surface area contributed by atoms with Crippen LogP contribution in [0.1, 0.15) is 32.3 Å². The molecule has 0 aliphatic carbocycles. The second-order valence-corrected chi connectivity index (χ2v) is 11.0. The molecule has 33 heavy (non-hydrogen) atoms. The van der Waals surface area contributed by atoms with E-state index in [-0.39, 0.29) is 12.5 Å². The third-order valence-electron chi connectivity index (χ3n) is 5.03. The van der Waals surface area contributed by atoms with E-state index in [1.807, 2.05) is 6.92 Å². The first-order valence-electron chi connectivity index (χ1n) is 10.6. The van der Waals surface area contributed by atoms with Gasteiger partial charge < -0.3 is 10.2 Å². The van der Waals surface area contributed by atoms with Gasteiger partial charge in [-0.2, -0.15) is 0 Å². The molecular weight excluding hydrogens is 530 g/mol. The molecule has 180 valence electrons. The van der Waals surface area contributed by atoms with Gasteiger partial charge in [0.1, 0.15) is 12.6 Å². The highest BCUT2D eigenvalue weighted by atomic mass is 79.9. The number of sulfonamides is 1. The van der Waals surface area contributed by atoms with Gasteiger partial charge in [-0.15, -0.1) is 0 Å². The Labute approximate surface area is 209 Å². The van der Waals surface area contributed by atoms with E-state index in [0.717, 1.165) is 33.4 Å². The molecule has 1 N–H and O–H groups in total. The van der Waals surface area contributed by atoms with Crippen molar-refractivity contribution in [2.45, 2.75) is 39.3 Å². The lowest BCUT2D eigenvalue weighted by molar-refractivity contribution is -0.139. The van der Waals surface area contributed by atoms with Crippen molar-refractivity contribution < 1.29 is 18.0 Å². The average Bonchev–Trinajstić information content (AvgIpc) is 2.75. The Hall–Kier alpha value is -2.10. The van der Waals surface area contributed by atoms with E-state index in [2.05, 4.69) is 21.2 Å². The van der Waals surface area contributed by atoms with Crippen molar-refractivity contribution in [1.29, 1.82) is 0 Å². The van der Waals surface area contributed by atoms with Gasteiger partial charge in [0.15, 0.2) is 0 Å². The fourth-order valence-corrected chi connectivity index (χ4v) is 4.50. The zero-order chi connectivity index (χ0) is 24.6. The number of carbonyl (C=O) groups is 2. The summed E-state index contributed by atoms with van der Waals surface area (Å²) in [6.07, 6.45) is 2.80. The van der Waals surface area contributed by atoms with Crippen molar-refractivity contribution in [2.75, 3.05) is 23.7 Å². The number of hydrogen-bond donors (Lipinski definition) is 1. The van der Waals surface area contributed by atoms with Crippen LogP contribution in [-0.4, -0.2) is 50.5 Å². The Bertz CT molecular complexity index is 1060. The Morgan fingerprint density at radius 1 is 1.15 bits per heavy atom. The maximum atomic E-state index is 13.4. The Kier molecular flexibility index (Phi) is 10.2. The molecule has 0 aliphatic rings. The summed E-state index contributed by atoms with van der Waals surface area (Å²) < 4.78 is 26.8. The molecule has 7 nitrogen and oxygen atoms in total. The van der Waals surface area contributed by atoms with Gasteiger partial charge in [-0.1, -0.05) is 53.0 Å². The third-order valence-corrected chi connectivity index (χ3v) is 6.94. The minimum atomic E-state index is -3.75. The third kappa shape index (κ3) is 8.32. The molecule has 2 aromatic carbocycles. The second-order valence-electron chi connectivity index (χ2n) is 7.72. The van der Waals surface area contributed by atoms with Crippen LogP contribution in [0, 0.1) is 0 Å². The zero-order valence-corrected chi connectivity index (χ0v) is 22.1. The summed E-state index contributed by atoms with van der Waals surface area (Å²) in [5.74, 6) is -0.796. The first-order chi connectivity index (χ1) is 15.5. The number of anilines is 1. The van der Waals surface area contributed by atoms with Gasteiger partial charge in [-0.25, -0.2) is 8.42 Å². The first-order valence-corrected chi connectivity index (χ1v) is 13.6. The van der Waals surface area contributed by atoms with Crippen molar-refractivity contribution in [2.24, 2.45) is 0 Å². The number of hydrogen-bond acceptors (Lipinski definition) is 4. The van der Waals surface area contributed by atoms with Gasteiger partial charge in [0.05, 0.1) is 11.9 Å². The van der Waals surface area contributed by atoms with E-state index in [1.165, 1.54) is 4.90 Å². The van der Waals surface area contributed by atoms with Crippen molar-refractivity contribution in [3.05, 3.63) is 63.6 Å². The molecule has 2 amide bonds. The van der Waals surface area contributed by atoms with Crippen LogP contribution in [0.2, 0.25) is 5.02 Å². The zero-order valence-electron chi connectivity index (χ0n) is 18.9. The number of nitrogens with zero attached hydrogens (tertiary/aromatic N) is 2. The molecule has 1 atom stereocenters. The van der Waals surface area contributed by atoms with Gasteiger partial charge in [-0.05, 0) is 55.3 Å². The molecule has 2 aromatic rings. The van der Waals surface area contributed by atoms with Gasteiger partial charge >= 0.3 is 0 Å². The van der Waals surface area contributed by atoms with Crippen molar-refractivity contribution in [3.8, 4) is 0 Å². The van der Waals surface area contributed by atoms with Crippen LogP contribution in [0.5, 0.6) is 0 Å². The van der Waals surface area contributed by atoms with Gasteiger partial charge in [-0.3, -0.25) is 13.9 Å². The summed E-state index contributed by atoms with van der Waals surface area (Å²) in [4.78, 5) is 27.5. The summed E-state index contributed by atoms with van der Waals surface area (Å²) in [7, 11) is -3.75. The monoisotopic (exact) mass is 557 g/mol. The summed E-state index contributed by atoms with van der Waals surface area (Å²) >= 11 is 9.42. The van der Waals surface area contributed by atoms with Crippen LogP contribution in [0.4, 0.5) is 5.69 Å². The first kappa shape index (κ1) is 27.1. The Balaban J connectivity index is 2.33. The minimum Gasteiger partial charge on any atom is -0.354 e. The number of nitrogens with one attached hydrogen (secondary N) is 1. The number of amides is 2. The lowest BCUT2D eigenvalue weighted by Gasteiger charge is -2.31. The maximum absolute atomic E-state index is 13.4. The van der Waals surface area contributed by atoms with Crippen molar-refractivity contribution >= 4 is 55.1 Å². The molecule has 0 spiro atoms. The van der Waals surface area contributed by atoms with Crippen molar-refractivity contribution in [3.63, 3.8) is 0 Å². The number of carbonyl (C=O) groups excluding carboxylic acids is 2. The molecule has 2 rings (SSSR count). The summed E-state index contributed by atoms with van der Waals surface area (Å²) in [6.45, 7) is 3.83. The topological polar surface area (TPSA) is 86.8 Å². The van der Waals surface area contributed by atoms with Crippen molar-refractivity contribution in [1.82, 2.24) is 10.2 Å². The lowest BCUT2D eigenvalue weighted by atomic mass is 10.1.